The highest BCUT2D eigenvalue weighted by molar-refractivity contribution is 6.27. The second-order valence-electron chi connectivity index (χ2n) is 1.77. The smallest absolute Gasteiger partial charge is 0.312 e. The van der Waals surface area contributed by atoms with Crippen LogP contribution in [0.1, 0.15) is 18.9 Å². The SMILES string of the molecule is COC(C)c1nnc(Cl)o1. The zero-order valence-corrected chi connectivity index (χ0v) is 6.42. The molecule has 1 aromatic heterocycles. The van der Waals surface area contributed by atoms with Gasteiger partial charge in [-0.05, 0) is 18.5 Å². The molecule has 1 rings (SSSR count). The van der Waals surface area contributed by atoms with E-state index in [1.807, 2.05) is 0 Å². The van der Waals surface area contributed by atoms with Crippen molar-refractivity contribution in [3.05, 3.63) is 11.2 Å². The van der Waals surface area contributed by atoms with Crippen molar-refractivity contribution in [3.63, 3.8) is 0 Å². The minimum absolute atomic E-state index is 0.0406. The van der Waals surface area contributed by atoms with E-state index in [-0.39, 0.29) is 11.5 Å². The lowest BCUT2D eigenvalue weighted by atomic mass is 10.4. The van der Waals surface area contributed by atoms with E-state index >= 15 is 0 Å². The lowest BCUT2D eigenvalue weighted by molar-refractivity contribution is 0.0948. The maximum Gasteiger partial charge on any atom is 0.312 e. The van der Waals surface area contributed by atoms with Gasteiger partial charge in [-0.25, -0.2) is 0 Å². The molecule has 0 spiro atoms. The van der Waals surface area contributed by atoms with E-state index in [4.69, 9.17) is 20.8 Å². The minimum atomic E-state index is -0.194. The van der Waals surface area contributed by atoms with Gasteiger partial charge in [-0.1, -0.05) is 5.10 Å². The Morgan fingerprint density at radius 1 is 1.60 bits per heavy atom. The molecule has 1 aromatic rings. The molecule has 0 N–H and O–H groups in total. The molecule has 0 amide bonds. The van der Waals surface area contributed by atoms with Gasteiger partial charge in [0, 0.05) is 7.11 Å². The average Bonchev–Trinajstić information content (AvgIpc) is 2.34. The van der Waals surface area contributed by atoms with E-state index in [2.05, 4.69) is 10.2 Å². The van der Waals surface area contributed by atoms with E-state index in [1.165, 1.54) is 0 Å². The van der Waals surface area contributed by atoms with Crippen molar-refractivity contribution < 1.29 is 9.15 Å². The van der Waals surface area contributed by atoms with Gasteiger partial charge in [0.05, 0.1) is 0 Å². The van der Waals surface area contributed by atoms with Crippen LogP contribution in [0, 0.1) is 0 Å². The molecule has 5 heteroatoms. The van der Waals surface area contributed by atoms with Crippen molar-refractivity contribution >= 4 is 11.6 Å². The highest BCUT2D eigenvalue weighted by atomic mass is 35.5. The predicted octanol–water partition coefficient (Wildman–Crippen LogP) is 1.43. The second-order valence-corrected chi connectivity index (χ2v) is 2.09. The van der Waals surface area contributed by atoms with Crippen molar-refractivity contribution in [1.82, 2.24) is 10.2 Å². The molecule has 0 radical (unpaired) electrons. The Kier molecular flexibility index (Phi) is 2.24. The first-order chi connectivity index (χ1) is 4.74. The van der Waals surface area contributed by atoms with Crippen LogP contribution in [0.4, 0.5) is 0 Å². The normalized spacial score (nSPS) is 13.5. The molecule has 0 saturated heterocycles. The van der Waals surface area contributed by atoms with E-state index in [0.717, 1.165) is 0 Å². The van der Waals surface area contributed by atoms with E-state index in [9.17, 15) is 0 Å². The average molecular weight is 163 g/mol. The quantitative estimate of drug-likeness (QED) is 0.660. The van der Waals surface area contributed by atoms with E-state index < -0.39 is 0 Å². The number of nitrogens with zero attached hydrogens (tertiary/aromatic N) is 2. The minimum Gasteiger partial charge on any atom is -0.409 e. The molecule has 0 bridgehead atoms. The lowest BCUT2D eigenvalue weighted by Crippen LogP contribution is -1.95. The molecule has 1 unspecified atom stereocenters. The summed E-state index contributed by atoms with van der Waals surface area (Å²) in [5.41, 5.74) is 0. The summed E-state index contributed by atoms with van der Waals surface area (Å²) in [4.78, 5) is 0. The number of hydrogen-bond acceptors (Lipinski definition) is 4. The van der Waals surface area contributed by atoms with Gasteiger partial charge in [-0.3, -0.25) is 0 Å². The third-order valence-electron chi connectivity index (χ3n) is 1.12. The van der Waals surface area contributed by atoms with Gasteiger partial charge in [0.2, 0.25) is 5.89 Å². The van der Waals surface area contributed by atoms with Crippen molar-refractivity contribution in [2.75, 3.05) is 7.11 Å². The predicted molar refractivity (Wildman–Crippen MR) is 34.7 cm³/mol. The van der Waals surface area contributed by atoms with Crippen molar-refractivity contribution in [2.45, 2.75) is 13.0 Å². The maximum absolute atomic E-state index is 5.37. The largest absolute Gasteiger partial charge is 0.409 e. The molecule has 1 heterocycles. The fourth-order valence-corrected chi connectivity index (χ4v) is 0.598. The molecular weight excluding hydrogens is 156 g/mol. The molecule has 0 aromatic carbocycles. The van der Waals surface area contributed by atoms with Crippen molar-refractivity contribution in [1.29, 1.82) is 0 Å². The Morgan fingerprint density at radius 2 is 2.30 bits per heavy atom. The molecule has 0 aliphatic heterocycles. The monoisotopic (exact) mass is 162 g/mol. The summed E-state index contributed by atoms with van der Waals surface area (Å²) in [5, 5.41) is 7.11. The summed E-state index contributed by atoms with van der Waals surface area (Å²) in [6.07, 6.45) is -0.194. The molecule has 56 valence electrons. The molecule has 10 heavy (non-hydrogen) atoms. The van der Waals surface area contributed by atoms with Crippen LogP contribution < -0.4 is 0 Å². The van der Waals surface area contributed by atoms with Crippen molar-refractivity contribution in [2.24, 2.45) is 0 Å². The molecule has 0 aliphatic carbocycles. The standard InChI is InChI=1S/C5H7ClN2O2/c1-3(9-2)4-7-8-5(6)10-4/h3H,1-2H3. The Balaban J connectivity index is 2.74. The van der Waals surface area contributed by atoms with Crippen LogP contribution in [0.5, 0.6) is 0 Å². The summed E-state index contributed by atoms with van der Waals surface area (Å²) in [7, 11) is 1.56. The van der Waals surface area contributed by atoms with E-state index in [0.29, 0.717) is 5.89 Å². The molecule has 0 fully saturated rings. The first-order valence-corrected chi connectivity index (χ1v) is 3.13. The zero-order chi connectivity index (χ0) is 7.56. The van der Waals surface area contributed by atoms with Gasteiger partial charge in [0.1, 0.15) is 6.10 Å². The van der Waals surface area contributed by atoms with Gasteiger partial charge >= 0.3 is 5.35 Å². The summed E-state index contributed by atoms with van der Waals surface area (Å²) < 4.78 is 9.75. The van der Waals surface area contributed by atoms with Gasteiger partial charge in [-0.15, -0.1) is 5.10 Å². The molecule has 0 saturated carbocycles. The Labute approximate surface area is 63.1 Å². The second kappa shape index (κ2) is 2.98. The fraction of sp³-hybridized carbons (Fsp3) is 0.600. The summed E-state index contributed by atoms with van der Waals surface area (Å²) in [6.45, 7) is 1.80. The third kappa shape index (κ3) is 1.46. The van der Waals surface area contributed by atoms with Gasteiger partial charge < -0.3 is 9.15 Å². The number of ether oxygens (including phenoxy) is 1. The Hall–Kier alpha value is -0.610. The fourth-order valence-electron chi connectivity index (χ4n) is 0.481. The number of rotatable bonds is 2. The third-order valence-corrected chi connectivity index (χ3v) is 1.27. The van der Waals surface area contributed by atoms with Gasteiger partial charge in [0.25, 0.3) is 0 Å². The first kappa shape index (κ1) is 7.50. The zero-order valence-electron chi connectivity index (χ0n) is 5.67. The van der Waals surface area contributed by atoms with Crippen LogP contribution in [0.15, 0.2) is 4.42 Å². The highest BCUT2D eigenvalue weighted by Gasteiger charge is 2.10. The highest BCUT2D eigenvalue weighted by Crippen LogP contribution is 2.15. The summed E-state index contributed by atoms with van der Waals surface area (Å²) in [6, 6.07) is 0. The van der Waals surface area contributed by atoms with Crippen LogP contribution in [-0.2, 0) is 4.74 Å². The molecular formula is C5H7ClN2O2. The van der Waals surface area contributed by atoms with Crippen LogP contribution >= 0.6 is 11.6 Å². The molecule has 4 nitrogen and oxygen atoms in total. The number of hydrogen-bond donors (Lipinski definition) is 0. The van der Waals surface area contributed by atoms with Gasteiger partial charge in [-0.2, -0.15) is 0 Å². The maximum atomic E-state index is 5.37. The van der Waals surface area contributed by atoms with Crippen LogP contribution in [0.2, 0.25) is 5.35 Å². The lowest BCUT2D eigenvalue weighted by Gasteiger charge is -2.00. The Bertz CT molecular complexity index is 213. The summed E-state index contributed by atoms with van der Waals surface area (Å²) >= 11 is 5.37. The first-order valence-electron chi connectivity index (χ1n) is 2.75. The van der Waals surface area contributed by atoms with Gasteiger partial charge in [0.15, 0.2) is 0 Å². The number of halogens is 1. The van der Waals surface area contributed by atoms with Crippen LogP contribution in [0.25, 0.3) is 0 Å². The number of aromatic nitrogens is 2. The van der Waals surface area contributed by atoms with Crippen LogP contribution in [0.3, 0.4) is 0 Å². The Morgan fingerprint density at radius 3 is 2.70 bits per heavy atom. The van der Waals surface area contributed by atoms with Crippen molar-refractivity contribution in [3.8, 4) is 0 Å². The van der Waals surface area contributed by atoms with E-state index in [1.54, 1.807) is 14.0 Å². The molecule has 1 atom stereocenters. The summed E-state index contributed by atoms with van der Waals surface area (Å²) in [5.74, 6) is 0.396. The number of methoxy groups -OCH3 is 1. The topological polar surface area (TPSA) is 48.2 Å². The van der Waals surface area contributed by atoms with Crippen LogP contribution in [-0.4, -0.2) is 17.3 Å². The molecule has 0 aliphatic rings.